The van der Waals surface area contributed by atoms with Crippen molar-refractivity contribution in [3.8, 4) is 0 Å². The zero-order valence-corrected chi connectivity index (χ0v) is 13.3. The van der Waals surface area contributed by atoms with E-state index in [-0.39, 0.29) is 0 Å². The van der Waals surface area contributed by atoms with E-state index in [1.807, 2.05) is 0 Å². The van der Waals surface area contributed by atoms with E-state index in [0.717, 1.165) is 16.7 Å². The standard InChI is InChI=1S/C17H20BrN/c1-12(2)15-7-5-14(6-8-15)11-19-16-9-4-13(3)17(18)10-16/h4-10,12,19H,11H2,1-3H3. The summed E-state index contributed by atoms with van der Waals surface area (Å²) in [6, 6.07) is 15.2. The van der Waals surface area contributed by atoms with Crippen LogP contribution in [0.4, 0.5) is 5.69 Å². The Bertz CT molecular complexity index is 544. The van der Waals surface area contributed by atoms with Gasteiger partial charge in [0.05, 0.1) is 0 Å². The third kappa shape index (κ3) is 3.84. The van der Waals surface area contributed by atoms with Crippen molar-refractivity contribution in [2.45, 2.75) is 33.2 Å². The zero-order chi connectivity index (χ0) is 13.8. The molecular weight excluding hydrogens is 298 g/mol. The second-order valence-electron chi connectivity index (χ2n) is 5.21. The molecule has 19 heavy (non-hydrogen) atoms. The van der Waals surface area contributed by atoms with Crippen LogP contribution < -0.4 is 5.32 Å². The first-order chi connectivity index (χ1) is 9.06. The molecule has 0 aliphatic heterocycles. The quantitative estimate of drug-likeness (QED) is 0.785. The lowest BCUT2D eigenvalue weighted by Crippen LogP contribution is -2.00. The van der Waals surface area contributed by atoms with Gasteiger partial charge in [-0.2, -0.15) is 0 Å². The highest BCUT2D eigenvalue weighted by molar-refractivity contribution is 9.10. The van der Waals surface area contributed by atoms with Crippen LogP contribution in [0.2, 0.25) is 0 Å². The Labute approximate surface area is 124 Å². The van der Waals surface area contributed by atoms with Gasteiger partial charge in [0.25, 0.3) is 0 Å². The van der Waals surface area contributed by atoms with Gasteiger partial charge in [-0.05, 0) is 41.7 Å². The molecule has 0 radical (unpaired) electrons. The van der Waals surface area contributed by atoms with E-state index >= 15 is 0 Å². The van der Waals surface area contributed by atoms with Crippen LogP contribution in [-0.2, 0) is 6.54 Å². The lowest BCUT2D eigenvalue weighted by atomic mass is 10.0. The lowest BCUT2D eigenvalue weighted by Gasteiger charge is -2.10. The first-order valence-electron chi connectivity index (χ1n) is 6.65. The first kappa shape index (κ1) is 14.1. The van der Waals surface area contributed by atoms with Crippen molar-refractivity contribution in [2.75, 3.05) is 5.32 Å². The molecule has 0 fully saturated rings. The summed E-state index contributed by atoms with van der Waals surface area (Å²) in [6.07, 6.45) is 0. The largest absolute Gasteiger partial charge is 0.381 e. The molecule has 0 amide bonds. The molecule has 2 aromatic carbocycles. The van der Waals surface area contributed by atoms with E-state index in [1.54, 1.807) is 0 Å². The number of benzene rings is 2. The first-order valence-corrected chi connectivity index (χ1v) is 7.44. The fraction of sp³-hybridized carbons (Fsp3) is 0.294. The minimum Gasteiger partial charge on any atom is -0.381 e. The van der Waals surface area contributed by atoms with E-state index in [2.05, 4.69) is 84.5 Å². The van der Waals surface area contributed by atoms with Gasteiger partial charge >= 0.3 is 0 Å². The average Bonchev–Trinajstić information content (AvgIpc) is 2.40. The van der Waals surface area contributed by atoms with Crippen molar-refractivity contribution in [2.24, 2.45) is 0 Å². The van der Waals surface area contributed by atoms with E-state index in [9.17, 15) is 0 Å². The maximum atomic E-state index is 3.56. The van der Waals surface area contributed by atoms with Crippen LogP contribution >= 0.6 is 15.9 Å². The van der Waals surface area contributed by atoms with Crippen LogP contribution in [0.3, 0.4) is 0 Å². The van der Waals surface area contributed by atoms with E-state index in [0.29, 0.717) is 5.92 Å². The molecule has 2 rings (SSSR count). The molecule has 2 heteroatoms. The molecule has 1 nitrogen and oxygen atoms in total. The third-order valence-electron chi connectivity index (χ3n) is 3.31. The second-order valence-corrected chi connectivity index (χ2v) is 6.07. The molecular formula is C17H20BrN. The molecule has 0 atom stereocenters. The highest BCUT2D eigenvalue weighted by Gasteiger charge is 2.00. The van der Waals surface area contributed by atoms with Crippen molar-refractivity contribution in [1.29, 1.82) is 0 Å². The third-order valence-corrected chi connectivity index (χ3v) is 4.17. The van der Waals surface area contributed by atoms with Gasteiger partial charge in [-0.3, -0.25) is 0 Å². The Balaban J connectivity index is 2.00. The van der Waals surface area contributed by atoms with Crippen LogP contribution in [-0.4, -0.2) is 0 Å². The fourth-order valence-corrected chi connectivity index (χ4v) is 2.31. The molecule has 0 aliphatic rings. The smallest absolute Gasteiger partial charge is 0.0400 e. The molecule has 0 aromatic heterocycles. The SMILES string of the molecule is Cc1ccc(NCc2ccc(C(C)C)cc2)cc1Br. The van der Waals surface area contributed by atoms with Crippen LogP contribution in [0, 0.1) is 6.92 Å². The predicted octanol–water partition coefficient (Wildman–Crippen LogP) is 5.49. The molecule has 0 spiro atoms. The number of hydrogen-bond acceptors (Lipinski definition) is 1. The van der Waals surface area contributed by atoms with Crippen LogP contribution in [0.15, 0.2) is 46.9 Å². The molecule has 0 aliphatic carbocycles. The molecule has 0 saturated carbocycles. The summed E-state index contributed by atoms with van der Waals surface area (Å²) in [5.41, 5.74) is 5.10. The van der Waals surface area contributed by atoms with E-state index in [1.165, 1.54) is 16.7 Å². The Morgan fingerprint density at radius 1 is 1.05 bits per heavy atom. The Morgan fingerprint density at radius 3 is 2.32 bits per heavy atom. The number of rotatable bonds is 4. The second kappa shape index (κ2) is 6.25. The van der Waals surface area contributed by atoms with Crippen molar-refractivity contribution < 1.29 is 0 Å². The number of halogens is 1. The summed E-state index contributed by atoms with van der Waals surface area (Å²) in [5.74, 6) is 0.593. The summed E-state index contributed by atoms with van der Waals surface area (Å²) >= 11 is 3.56. The molecule has 0 heterocycles. The number of anilines is 1. The Hall–Kier alpha value is -1.28. The summed E-state index contributed by atoms with van der Waals surface area (Å²) in [7, 11) is 0. The molecule has 1 N–H and O–H groups in total. The van der Waals surface area contributed by atoms with Crippen molar-refractivity contribution in [3.05, 3.63) is 63.6 Å². The summed E-state index contributed by atoms with van der Waals surface area (Å²) in [4.78, 5) is 0. The maximum Gasteiger partial charge on any atom is 0.0400 e. The minimum absolute atomic E-state index is 0.593. The Kier molecular flexibility index (Phi) is 4.65. The van der Waals surface area contributed by atoms with Gasteiger partial charge in [-0.1, -0.05) is 60.1 Å². The number of nitrogens with one attached hydrogen (secondary N) is 1. The van der Waals surface area contributed by atoms with Crippen molar-refractivity contribution in [1.82, 2.24) is 0 Å². The van der Waals surface area contributed by atoms with Gasteiger partial charge in [0.15, 0.2) is 0 Å². The van der Waals surface area contributed by atoms with Crippen LogP contribution in [0.1, 0.15) is 36.5 Å². The molecule has 100 valence electrons. The predicted molar refractivity (Wildman–Crippen MR) is 86.7 cm³/mol. The maximum absolute atomic E-state index is 3.56. The summed E-state index contributed by atoms with van der Waals surface area (Å²) in [5, 5.41) is 3.45. The topological polar surface area (TPSA) is 12.0 Å². The highest BCUT2D eigenvalue weighted by Crippen LogP contribution is 2.21. The van der Waals surface area contributed by atoms with Gasteiger partial charge in [0, 0.05) is 16.7 Å². The van der Waals surface area contributed by atoms with Gasteiger partial charge in [-0.25, -0.2) is 0 Å². The highest BCUT2D eigenvalue weighted by atomic mass is 79.9. The van der Waals surface area contributed by atoms with Gasteiger partial charge in [-0.15, -0.1) is 0 Å². The summed E-state index contributed by atoms with van der Waals surface area (Å²) in [6.45, 7) is 7.39. The van der Waals surface area contributed by atoms with Crippen molar-refractivity contribution >= 4 is 21.6 Å². The molecule has 0 unspecified atom stereocenters. The monoisotopic (exact) mass is 317 g/mol. The van der Waals surface area contributed by atoms with Gasteiger partial charge < -0.3 is 5.32 Å². The van der Waals surface area contributed by atoms with Crippen LogP contribution in [0.5, 0.6) is 0 Å². The fourth-order valence-electron chi connectivity index (χ4n) is 1.93. The Morgan fingerprint density at radius 2 is 1.74 bits per heavy atom. The lowest BCUT2D eigenvalue weighted by molar-refractivity contribution is 0.865. The molecule has 0 bridgehead atoms. The molecule has 2 aromatic rings. The van der Waals surface area contributed by atoms with E-state index in [4.69, 9.17) is 0 Å². The van der Waals surface area contributed by atoms with Gasteiger partial charge in [0.1, 0.15) is 0 Å². The van der Waals surface area contributed by atoms with E-state index < -0.39 is 0 Å². The van der Waals surface area contributed by atoms with Crippen LogP contribution in [0.25, 0.3) is 0 Å². The normalized spacial score (nSPS) is 10.8. The van der Waals surface area contributed by atoms with Gasteiger partial charge in [0.2, 0.25) is 0 Å². The van der Waals surface area contributed by atoms with Crippen molar-refractivity contribution in [3.63, 3.8) is 0 Å². The zero-order valence-electron chi connectivity index (χ0n) is 11.7. The average molecular weight is 318 g/mol. The number of aryl methyl sites for hydroxylation is 1. The minimum atomic E-state index is 0.593. The summed E-state index contributed by atoms with van der Waals surface area (Å²) < 4.78 is 1.15. The molecule has 0 saturated heterocycles. The number of hydrogen-bond donors (Lipinski definition) is 1.